The predicted octanol–water partition coefficient (Wildman–Crippen LogP) is 1.94. The molecule has 2 unspecified atom stereocenters. The van der Waals surface area contributed by atoms with E-state index in [1.165, 1.54) is 5.56 Å². The molecule has 0 bridgehead atoms. The monoisotopic (exact) mass is 397 g/mol. The average Bonchev–Trinajstić information content (AvgIpc) is 3.08. The van der Waals surface area contributed by atoms with E-state index in [1.807, 2.05) is 18.2 Å². The molecule has 0 amide bonds. The molecule has 2 rings (SSSR count). The van der Waals surface area contributed by atoms with E-state index in [0.29, 0.717) is 6.42 Å². The summed E-state index contributed by atoms with van der Waals surface area (Å²) < 4.78 is 16.2. The number of allylic oxidation sites excluding steroid dienone is 3. The number of hydrogen-bond donors (Lipinski definition) is 0. The van der Waals surface area contributed by atoms with Crippen LogP contribution in [0.15, 0.2) is 43.0 Å². The van der Waals surface area contributed by atoms with E-state index in [4.69, 9.17) is 0 Å². The smallest absolute Gasteiger partial charge is 1.00 e. The second-order valence-electron chi connectivity index (χ2n) is 6.08. The summed E-state index contributed by atoms with van der Waals surface area (Å²) in [6.45, 7) is 9.44. The summed E-state index contributed by atoms with van der Waals surface area (Å²) in [6.07, 6.45) is 7.83. The van der Waals surface area contributed by atoms with Crippen molar-refractivity contribution in [2.24, 2.45) is 5.92 Å². The third-order valence-corrected chi connectivity index (χ3v) is 5.57. The zero-order valence-electron chi connectivity index (χ0n) is 14.1. The molecular formula is C19H22FKY-. The minimum absolute atomic E-state index is 0. The van der Waals surface area contributed by atoms with Crippen LogP contribution in [-0.2, 0) is 35.6 Å². The van der Waals surface area contributed by atoms with Crippen LogP contribution in [0.25, 0.3) is 0 Å². The Morgan fingerprint density at radius 3 is 2.50 bits per heavy atom. The number of rotatable bonds is 4. The summed E-state index contributed by atoms with van der Waals surface area (Å²) >= 11 is 1.08. The van der Waals surface area contributed by atoms with Gasteiger partial charge in [0.1, 0.15) is 5.67 Å². The molecule has 0 aliphatic heterocycles. The van der Waals surface area contributed by atoms with Crippen molar-refractivity contribution in [1.82, 2.24) is 0 Å². The van der Waals surface area contributed by atoms with Crippen LogP contribution >= 0.6 is 0 Å². The van der Waals surface area contributed by atoms with E-state index in [1.54, 1.807) is 13.0 Å². The molecular weight excluding hydrogens is 375 g/mol. The zero-order chi connectivity index (χ0) is 15.9. The van der Waals surface area contributed by atoms with Crippen molar-refractivity contribution in [2.75, 3.05) is 0 Å². The third-order valence-electron chi connectivity index (χ3n) is 3.79. The SMILES string of the molecule is C=[C-]/C=C/CC1CC1(C)F.CC(C)([C]#[Y])c1cc[c-]cc1.[K+]. The van der Waals surface area contributed by atoms with Gasteiger partial charge < -0.3 is 0 Å². The third kappa shape index (κ3) is 8.31. The van der Waals surface area contributed by atoms with Crippen molar-refractivity contribution in [1.29, 1.82) is 0 Å². The normalized spacial score (nSPS) is 22.9. The van der Waals surface area contributed by atoms with Crippen LogP contribution in [0.1, 0.15) is 39.2 Å². The van der Waals surface area contributed by atoms with Gasteiger partial charge in [-0.25, -0.2) is 16.5 Å². The maximum absolute atomic E-state index is 12.8. The topological polar surface area (TPSA) is 0 Å². The molecule has 1 aliphatic rings. The van der Waals surface area contributed by atoms with E-state index in [2.05, 4.69) is 47.3 Å². The minimum atomic E-state index is -0.883. The first-order valence-electron chi connectivity index (χ1n) is 7.14. The van der Waals surface area contributed by atoms with Crippen LogP contribution in [0.2, 0.25) is 0 Å². The first kappa shape index (κ1) is 23.2. The summed E-state index contributed by atoms with van der Waals surface area (Å²) in [6, 6.07) is 11.1. The van der Waals surface area contributed by atoms with Crippen LogP contribution in [0, 0.1) is 20.7 Å². The fraction of sp³-hybridized carbons (Fsp3) is 0.421. The van der Waals surface area contributed by atoms with Crippen LogP contribution < -0.4 is 51.4 Å². The maximum atomic E-state index is 12.8. The molecule has 1 aliphatic carbocycles. The summed E-state index contributed by atoms with van der Waals surface area (Å²) in [5.41, 5.74) is 0.562. The number of hydrogen-bond acceptors (Lipinski definition) is 0. The van der Waals surface area contributed by atoms with Crippen molar-refractivity contribution in [3.63, 3.8) is 0 Å². The Morgan fingerprint density at radius 1 is 1.55 bits per heavy atom. The number of benzene rings is 1. The van der Waals surface area contributed by atoms with Gasteiger partial charge >= 0.3 is 139 Å². The Balaban J connectivity index is 0.000000385. The fourth-order valence-corrected chi connectivity index (χ4v) is 2.36. The summed E-state index contributed by atoms with van der Waals surface area (Å²) in [7, 11) is 0. The second-order valence-corrected chi connectivity index (χ2v) is 6.79. The van der Waals surface area contributed by atoms with E-state index in [0.717, 1.165) is 36.7 Å². The van der Waals surface area contributed by atoms with E-state index < -0.39 is 5.67 Å². The molecule has 2 atom stereocenters. The molecule has 3 heteroatoms. The van der Waals surface area contributed by atoms with Gasteiger partial charge in [0.25, 0.3) is 0 Å². The Kier molecular flexibility index (Phi) is 11.5. The van der Waals surface area contributed by atoms with Crippen LogP contribution in [0.4, 0.5) is 4.39 Å². The molecule has 0 aromatic heterocycles. The zero-order valence-corrected chi connectivity index (χ0v) is 20.1. The molecule has 0 spiro atoms. The molecule has 1 fully saturated rings. The number of alkyl halides is 1. The fourth-order valence-electron chi connectivity index (χ4n) is 1.95. The molecule has 1 aromatic carbocycles. The van der Waals surface area contributed by atoms with Gasteiger partial charge in [-0.05, 0) is 19.3 Å². The molecule has 1 aromatic rings. The quantitative estimate of drug-likeness (QED) is 0.414. The molecule has 0 heterocycles. The van der Waals surface area contributed by atoms with Gasteiger partial charge in [-0.3, -0.25) is 6.08 Å². The minimum Gasteiger partial charge on any atom is 1.00 e. The van der Waals surface area contributed by atoms with Gasteiger partial charge in [0.05, 0.1) is 0 Å². The Bertz CT molecular complexity index is 526. The molecule has 1 saturated carbocycles. The average molecular weight is 397 g/mol. The van der Waals surface area contributed by atoms with Crippen LogP contribution in [0.3, 0.4) is 0 Å². The van der Waals surface area contributed by atoms with Crippen molar-refractivity contribution in [3.05, 3.63) is 60.7 Å². The Morgan fingerprint density at radius 2 is 2.09 bits per heavy atom. The van der Waals surface area contributed by atoms with E-state index in [9.17, 15) is 4.39 Å². The van der Waals surface area contributed by atoms with Gasteiger partial charge in [0, 0.05) is 0 Å². The summed E-state index contributed by atoms with van der Waals surface area (Å²) in [4.78, 5) is 0. The van der Waals surface area contributed by atoms with Gasteiger partial charge in [-0.15, -0.1) is 0 Å². The summed E-state index contributed by atoms with van der Waals surface area (Å²) in [5.74, 6) is 0.247. The molecule has 0 saturated heterocycles. The maximum Gasteiger partial charge on any atom is 1.00 e. The van der Waals surface area contributed by atoms with Crippen molar-refractivity contribution < 1.29 is 86.0 Å². The summed E-state index contributed by atoms with van der Waals surface area (Å²) in [5, 5.41) is 0. The largest absolute Gasteiger partial charge is 1.00 e. The molecule has 0 radical (unpaired) electrons. The van der Waals surface area contributed by atoms with Gasteiger partial charge in [0.2, 0.25) is 0 Å². The standard InChI is InChI=1S/C10H10.C9H12F.K.Y/c1-10(2,3)9-7-5-4-6-8-9;1-3-4-5-6-8-7-9(8,2)10;;/h5-8H,1-2H3;4-5,8H,1,6-7H2,2H3;;/q2*-1;+1;/b;5-4+;;. The van der Waals surface area contributed by atoms with Crippen molar-refractivity contribution >= 4 is 0 Å². The van der Waals surface area contributed by atoms with Gasteiger partial charge in [-0.1, -0.05) is 6.42 Å². The second kappa shape index (κ2) is 10.9. The van der Waals surface area contributed by atoms with E-state index in [-0.39, 0.29) is 62.7 Å². The molecule has 22 heavy (non-hydrogen) atoms. The first-order valence-corrected chi connectivity index (χ1v) is 8.56. The van der Waals surface area contributed by atoms with Crippen molar-refractivity contribution in [2.45, 2.75) is 44.7 Å². The predicted molar refractivity (Wildman–Crippen MR) is 82.4 cm³/mol. The first-order chi connectivity index (χ1) is 9.83. The Labute approximate surface area is 196 Å². The molecule has 0 nitrogen and oxygen atoms in total. The van der Waals surface area contributed by atoms with E-state index >= 15 is 0 Å². The van der Waals surface area contributed by atoms with Crippen molar-refractivity contribution in [3.8, 4) is 2.59 Å². The van der Waals surface area contributed by atoms with Gasteiger partial charge in [0.15, 0.2) is 0 Å². The number of halogens is 1. The molecule has 0 N–H and O–H groups in total. The van der Waals surface area contributed by atoms with Gasteiger partial charge in [-0.2, -0.15) is 6.58 Å². The Hall–Kier alpha value is 1.15. The molecule has 110 valence electrons. The van der Waals surface area contributed by atoms with Crippen LogP contribution in [-0.4, -0.2) is 5.67 Å². The van der Waals surface area contributed by atoms with Crippen LogP contribution in [0.5, 0.6) is 0 Å².